The van der Waals surface area contributed by atoms with Crippen LogP contribution >= 0.6 is 11.6 Å². The third-order valence-corrected chi connectivity index (χ3v) is 3.86. The Morgan fingerprint density at radius 2 is 2.11 bits per heavy atom. The molecule has 1 heterocycles. The lowest BCUT2D eigenvalue weighted by Crippen LogP contribution is -2.26. The molecule has 0 spiro atoms. The molecule has 1 aromatic rings. The summed E-state index contributed by atoms with van der Waals surface area (Å²) >= 11 is 6.05. The molecule has 4 nitrogen and oxygen atoms in total. The second kappa shape index (κ2) is 5.57. The summed E-state index contributed by atoms with van der Waals surface area (Å²) in [6, 6.07) is 1.76. The van der Waals surface area contributed by atoms with Crippen LogP contribution in [0.1, 0.15) is 43.0 Å². The van der Waals surface area contributed by atoms with Crippen LogP contribution in [0.5, 0.6) is 0 Å². The Hall–Kier alpha value is -1.29. The first kappa shape index (κ1) is 13.1. The van der Waals surface area contributed by atoms with Crippen LogP contribution in [-0.2, 0) is 0 Å². The highest BCUT2D eigenvalue weighted by molar-refractivity contribution is 6.35. The van der Waals surface area contributed by atoms with E-state index in [9.17, 15) is 4.79 Å². The number of aromatic nitrogens is 1. The number of rotatable bonds is 3. The van der Waals surface area contributed by atoms with E-state index in [0.717, 1.165) is 18.8 Å². The lowest BCUT2D eigenvalue weighted by atomic mass is 9.87. The van der Waals surface area contributed by atoms with Gasteiger partial charge in [-0.15, -0.1) is 0 Å². The van der Waals surface area contributed by atoms with Crippen molar-refractivity contribution < 1.29 is 9.90 Å². The number of carbonyl (C=O) groups is 1. The summed E-state index contributed by atoms with van der Waals surface area (Å²) in [5.74, 6) is 0.232. The van der Waals surface area contributed by atoms with Gasteiger partial charge in [0.15, 0.2) is 0 Å². The van der Waals surface area contributed by atoms with Crippen molar-refractivity contribution in [3.63, 3.8) is 0 Å². The third kappa shape index (κ3) is 2.93. The minimum atomic E-state index is -1.03. The average Bonchev–Trinajstić information content (AvgIpc) is 2.34. The van der Waals surface area contributed by atoms with Gasteiger partial charge in [-0.3, -0.25) is 0 Å². The van der Waals surface area contributed by atoms with Crippen molar-refractivity contribution >= 4 is 23.4 Å². The predicted octanol–water partition coefficient (Wildman–Crippen LogP) is 3.42. The molecule has 0 radical (unpaired) electrons. The van der Waals surface area contributed by atoms with Crippen LogP contribution in [0.3, 0.4) is 0 Å². The summed E-state index contributed by atoms with van der Waals surface area (Å²) in [4.78, 5) is 15.1. The van der Waals surface area contributed by atoms with E-state index in [0.29, 0.717) is 11.9 Å². The largest absolute Gasteiger partial charge is 0.478 e. The van der Waals surface area contributed by atoms with Gasteiger partial charge < -0.3 is 10.4 Å². The van der Waals surface area contributed by atoms with Gasteiger partial charge in [0.05, 0.1) is 10.6 Å². The Kier molecular flexibility index (Phi) is 4.07. The fourth-order valence-corrected chi connectivity index (χ4v) is 2.55. The molecule has 0 unspecified atom stereocenters. The Bertz CT molecular complexity index is 443. The number of nitrogens with zero attached hydrogens (tertiary/aromatic N) is 1. The fourth-order valence-electron chi connectivity index (χ4n) is 2.31. The van der Waals surface area contributed by atoms with Gasteiger partial charge in [-0.1, -0.05) is 18.5 Å². The first-order valence-electron chi connectivity index (χ1n) is 6.22. The number of aromatic carboxylic acids is 1. The zero-order valence-corrected chi connectivity index (χ0v) is 11.1. The van der Waals surface area contributed by atoms with Gasteiger partial charge in [-0.2, -0.15) is 0 Å². The molecule has 0 saturated heterocycles. The average molecular weight is 269 g/mol. The lowest BCUT2D eigenvalue weighted by Gasteiger charge is -2.27. The van der Waals surface area contributed by atoms with Crippen LogP contribution in [0.15, 0.2) is 12.3 Å². The number of nitrogens with one attached hydrogen (secondary N) is 1. The van der Waals surface area contributed by atoms with Crippen LogP contribution in [0.4, 0.5) is 5.82 Å². The molecule has 1 saturated carbocycles. The standard InChI is InChI=1S/C13H17ClN2O2/c1-8-2-4-9(5-3-8)16-12-11(14)10(13(17)18)6-7-15-12/h6-9H,2-5H2,1H3,(H,15,16)(H,17,18). The maximum Gasteiger partial charge on any atom is 0.337 e. The van der Waals surface area contributed by atoms with Crippen LogP contribution in [0.25, 0.3) is 0 Å². The second-order valence-corrected chi connectivity index (χ2v) is 5.31. The first-order valence-corrected chi connectivity index (χ1v) is 6.60. The smallest absolute Gasteiger partial charge is 0.337 e. The number of carboxylic acids is 1. The van der Waals surface area contributed by atoms with Crippen molar-refractivity contribution in [1.29, 1.82) is 0 Å². The van der Waals surface area contributed by atoms with Gasteiger partial charge in [0.25, 0.3) is 0 Å². The van der Waals surface area contributed by atoms with Crippen molar-refractivity contribution in [3.8, 4) is 0 Å². The van der Waals surface area contributed by atoms with Crippen LogP contribution in [0, 0.1) is 5.92 Å². The topological polar surface area (TPSA) is 62.2 Å². The van der Waals surface area contributed by atoms with Crippen molar-refractivity contribution in [1.82, 2.24) is 4.98 Å². The summed E-state index contributed by atoms with van der Waals surface area (Å²) in [6.07, 6.45) is 6.01. The van der Waals surface area contributed by atoms with Crippen LogP contribution in [-0.4, -0.2) is 22.1 Å². The van der Waals surface area contributed by atoms with Crippen LogP contribution < -0.4 is 5.32 Å². The zero-order valence-electron chi connectivity index (χ0n) is 10.3. The summed E-state index contributed by atoms with van der Waals surface area (Å²) < 4.78 is 0. The van der Waals surface area contributed by atoms with Gasteiger partial charge >= 0.3 is 5.97 Å². The van der Waals surface area contributed by atoms with Gasteiger partial charge in [0.2, 0.25) is 0 Å². The quantitative estimate of drug-likeness (QED) is 0.882. The SMILES string of the molecule is CC1CCC(Nc2nccc(C(=O)O)c2Cl)CC1. The van der Waals surface area contributed by atoms with Crippen LogP contribution in [0.2, 0.25) is 5.02 Å². The molecule has 0 atom stereocenters. The maximum atomic E-state index is 11.0. The van der Waals surface area contributed by atoms with E-state index in [1.807, 2.05) is 0 Å². The van der Waals surface area contributed by atoms with Crippen molar-refractivity contribution in [3.05, 3.63) is 22.8 Å². The summed E-state index contributed by atoms with van der Waals surface area (Å²) in [5, 5.41) is 12.4. The maximum absolute atomic E-state index is 11.0. The third-order valence-electron chi connectivity index (χ3n) is 3.48. The van der Waals surface area contributed by atoms with Crippen molar-refractivity contribution in [2.45, 2.75) is 38.6 Å². The molecule has 2 N–H and O–H groups in total. The number of carboxylic acid groups (broad SMARTS) is 1. The second-order valence-electron chi connectivity index (χ2n) is 4.93. The molecule has 18 heavy (non-hydrogen) atoms. The summed E-state index contributed by atoms with van der Waals surface area (Å²) in [6.45, 7) is 2.26. The van der Waals surface area contributed by atoms with Crippen molar-refractivity contribution in [2.24, 2.45) is 5.92 Å². The highest BCUT2D eigenvalue weighted by Gasteiger charge is 2.20. The highest BCUT2D eigenvalue weighted by atomic mass is 35.5. The van der Waals surface area contributed by atoms with Crippen molar-refractivity contribution in [2.75, 3.05) is 5.32 Å². The molecule has 98 valence electrons. The number of pyridine rings is 1. The van der Waals surface area contributed by atoms with E-state index in [1.165, 1.54) is 25.1 Å². The van der Waals surface area contributed by atoms with E-state index < -0.39 is 5.97 Å². The number of anilines is 1. The minimum absolute atomic E-state index is 0.0957. The van der Waals surface area contributed by atoms with Gasteiger partial charge in [0, 0.05) is 12.2 Å². The lowest BCUT2D eigenvalue weighted by molar-refractivity contribution is 0.0697. The molecule has 1 aliphatic carbocycles. The van der Waals surface area contributed by atoms with E-state index in [2.05, 4.69) is 17.2 Å². The molecule has 1 aliphatic rings. The molecular weight excluding hydrogens is 252 g/mol. The first-order chi connectivity index (χ1) is 8.58. The minimum Gasteiger partial charge on any atom is -0.478 e. The van der Waals surface area contributed by atoms with Gasteiger partial charge in [0.1, 0.15) is 5.82 Å². The van der Waals surface area contributed by atoms with Gasteiger partial charge in [-0.05, 0) is 37.7 Å². The highest BCUT2D eigenvalue weighted by Crippen LogP contribution is 2.29. The molecule has 5 heteroatoms. The number of halogens is 1. The molecule has 2 rings (SSSR count). The van der Waals surface area contributed by atoms with E-state index in [-0.39, 0.29) is 10.6 Å². The zero-order chi connectivity index (χ0) is 13.1. The van der Waals surface area contributed by atoms with Gasteiger partial charge in [-0.25, -0.2) is 9.78 Å². The Morgan fingerprint density at radius 1 is 1.44 bits per heavy atom. The summed E-state index contributed by atoms with van der Waals surface area (Å²) in [5.41, 5.74) is 0.0957. The molecule has 1 aromatic heterocycles. The fraction of sp³-hybridized carbons (Fsp3) is 0.538. The molecule has 0 amide bonds. The van der Waals surface area contributed by atoms with E-state index in [4.69, 9.17) is 16.7 Å². The Morgan fingerprint density at radius 3 is 2.72 bits per heavy atom. The number of hydrogen-bond acceptors (Lipinski definition) is 3. The predicted molar refractivity (Wildman–Crippen MR) is 71.2 cm³/mol. The van der Waals surface area contributed by atoms with E-state index >= 15 is 0 Å². The normalized spacial score (nSPS) is 23.7. The molecule has 0 bridgehead atoms. The monoisotopic (exact) mass is 268 g/mol. The van der Waals surface area contributed by atoms with E-state index in [1.54, 1.807) is 0 Å². The summed E-state index contributed by atoms with van der Waals surface area (Å²) in [7, 11) is 0. The molecule has 0 aromatic carbocycles. The Labute approximate surface area is 111 Å². The molecule has 0 aliphatic heterocycles. The molecule has 1 fully saturated rings. The molecular formula is C13H17ClN2O2. The number of hydrogen-bond donors (Lipinski definition) is 2. The Balaban J connectivity index is 2.10.